The molecule has 26 heavy (non-hydrogen) atoms. The second-order valence-corrected chi connectivity index (χ2v) is 5.53. The molecular weight excluding hydrogens is 328 g/mol. The van der Waals surface area contributed by atoms with Crippen LogP contribution in [0.1, 0.15) is 15.9 Å². The summed E-state index contributed by atoms with van der Waals surface area (Å²) < 4.78 is 0. The molecule has 6 heteroatoms. The van der Waals surface area contributed by atoms with Crippen LogP contribution < -0.4 is 16.0 Å². The normalized spacial score (nSPS) is 10.2. The number of amides is 1. The van der Waals surface area contributed by atoms with Crippen LogP contribution in [0.5, 0.6) is 0 Å². The number of pyridine rings is 1. The van der Waals surface area contributed by atoms with E-state index in [1.54, 1.807) is 73.9 Å². The highest BCUT2D eigenvalue weighted by molar-refractivity contribution is 6.11. The number of aromatic nitrogens is 1. The highest BCUT2D eigenvalue weighted by Gasteiger charge is 2.21. The first kappa shape index (κ1) is 17.2. The molecule has 0 aliphatic carbocycles. The van der Waals surface area contributed by atoms with Crippen LogP contribution in [-0.2, 0) is 4.79 Å². The lowest BCUT2D eigenvalue weighted by molar-refractivity contribution is 0.0998. The molecule has 0 fully saturated rings. The van der Waals surface area contributed by atoms with Crippen molar-refractivity contribution in [2.24, 2.45) is 0 Å². The molecule has 0 spiro atoms. The second kappa shape index (κ2) is 7.48. The molecule has 3 rings (SSSR count). The summed E-state index contributed by atoms with van der Waals surface area (Å²) in [6.07, 6.45) is 3.44. The lowest BCUT2D eigenvalue weighted by Crippen LogP contribution is -2.27. The summed E-state index contributed by atoms with van der Waals surface area (Å²) in [5.74, 6) is 0.137. The van der Waals surface area contributed by atoms with Crippen molar-refractivity contribution in [3.63, 3.8) is 0 Å². The molecule has 0 saturated carbocycles. The van der Waals surface area contributed by atoms with Gasteiger partial charge in [-0.3, -0.25) is 14.5 Å². The van der Waals surface area contributed by atoms with Crippen molar-refractivity contribution < 1.29 is 9.59 Å². The number of rotatable bonds is 5. The van der Waals surface area contributed by atoms with Gasteiger partial charge in [-0.25, -0.2) is 4.98 Å². The van der Waals surface area contributed by atoms with Crippen LogP contribution in [0.15, 0.2) is 66.9 Å². The zero-order chi connectivity index (χ0) is 18.5. The van der Waals surface area contributed by atoms with E-state index in [0.29, 0.717) is 28.3 Å². The van der Waals surface area contributed by atoms with E-state index in [2.05, 4.69) is 10.3 Å². The Balaban J connectivity index is 2.10. The van der Waals surface area contributed by atoms with Crippen LogP contribution in [0, 0.1) is 0 Å². The molecule has 1 amide bonds. The summed E-state index contributed by atoms with van der Waals surface area (Å²) in [5.41, 5.74) is 8.48. The Morgan fingerprint density at radius 1 is 1.12 bits per heavy atom. The number of carbonyl (C=O) groups is 1. The fourth-order valence-electron chi connectivity index (χ4n) is 2.60. The molecule has 3 aromatic rings. The maximum Gasteiger partial charge on any atom is 0.264 e. The van der Waals surface area contributed by atoms with Gasteiger partial charge in [-0.1, -0.05) is 18.2 Å². The molecule has 1 aromatic heterocycles. The highest BCUT2D eigenvalue weighted by Crippen LogP contribution is 2.28. The largest absolute Gasteiger partial charge is 0.397 e. The van der Waals surface area contributed by atoms with Crippen molar-refractivity contribution in [1.82, 2.24) is 4.98 Å². The maximum atomic E-state index is 13.2. The molecule has 6 nitrogen and oxygen atoms in total. The molecule has 0 aliphatic heterocycles. The van der Waals surface area contributed by atoms with Gasteiger partial charge in [0.15, 0.2) is 0 Å². The number of carbonyl (C=O) groups excluding carboxylic acids is 2. The molecule has 0 atom stereocenters. The van der Waals surface area contributed by atoms with Gasteiger partial charge in [-0.2, -0.15) is 0 Å². The summed E-state index contributed by atoms with van der Waals surface area (Å²) in [4.78, 5) is 29.9. The highest BCUT2D eigenvalue weighted by atomic mass is 16.2. The predicted octanol–water partition coefficient (Wildman–Crippen LogP) is 3.14. The van der Waals surface area contributed by atoms with Crippen molar-refractivity contribution >= 4 is 35.1 Å². The number of hydrogen-bond donors (Lipinski definition) is 2. The third-order valence-corrected chi connectivity index (χ3v) is 3.87. The molecule has 1 heterocycles. The van der Waals surface area contributed by atoms with Gasteiger partial charge in [-0.15, -0.1) is 0 Å². The van der Waals surface area contributed by atoms with Gasteiger partial charge in [0.2, 0.25) is 6.29 Å². The Bertz CT molecular complexity index is 942. The van der Waals surface area contributed by atoms with Gasteiger partial charge in [0, 0.05) is 24.4 Å². The standard InChI is InChI=1S/C20H17N4O2/c1-22-18-9-8-15(12-17(18)21)20(26)24(19-7-2-3-10-23-19)16-6-4-5-14(11-16)13-25/h2-12,22H,21H2,1H3. The fraction of sp³-hybridized carbons (Fsp3) is 0.0500. The first-order valence-corrected chi connectivity index (χ1v) is 7.95. The van der Waals surface area contributed by atoms with E-state index in [1.807, 2.05) is 6.29 Å². The molecule has 0 saturated heterocycles. The zero-order valence-electron chi connectivity index (χ0n) is 14.1. The SMILES string of the molecule is CNc1ccc(C(=O)N(c2cccc([C]=O)c2)c2ccccn2)cc1N. The summed E-state index contributed by atoms with van der Waals surface area (Å²) in [6, 6.07) is 17.0. The zero-order valence-corrected chi connectivity index (χ0v) is 14.1. The Hall–Kier alpha value is -3.67. The van der Waals surface area contributed by atoms with Crippen molar-refractivity contribution in [3.05, 3.63) is 78.0 Å². The molecular formula is C20H17N4O2. The van der Waals surface area contributed by atoms with E-state index in [-0.39, 0.29) is 5.91 Å². The number of nitrogens with two attached hydrogens (primary N) is 1. The van der Waals surface area contributed by atoms with E-state index in [0.717, 1.165) is 5.69 Å². The Labute approximate surface area is 151 Å². The third kappa shape index (κ3) is 3.39. The lowest BCUT2D eigenvalue weighted by atomic mass is 10.1. The van der Waals surface area contributed by atoms with Crippen molar-refractivity contribution in [1.29, 1.82) is 0 Å². The third-order valence-electron chi connectivity index (χ3n) is 3.87. The first-order valence-electron chi connectivity index (χ1n) is 7.95. The Morgan fingerprint density at radius 3 is 2.62 bits per heavy atom. The quantitative estimate of drug-likeness (QED) is 0.694. The summed E-state index contributed by atoms with van der Waals surface area (Å²) in [7, 11) is 1.76. The number of nitrogens with one attached hydrogen (secondary N) is 1. The Kier molecular flexibility index (Phi) is 4.94. The van der Waals surface area contributed by atoms with Crippen molar-refractivity contribution in [2.45, 2.75) is 0 Å². The number of anilines is 4. The van der Waals surface area contributed by atoms with E-state index in [9.17, 15) is 9.59 Å². The van der Waals surface area contributed by atoms with Crippen LogP contribution in [0.25, 0.3) is 0 Å². The Morgan fingerprint density at radius 2 is 1.96 bits per heavy atom. The average molecular weight is 345 g/mol. The van der Waals surface area contributed by atoms with Gasteiger partial charge < -0.3 is 11.1 Å². The van der Waals surface area contributed by atoms with E-state index in [4.69, 9.17) is 5.73 Å². The topological polar surface area (TPSA) is 88.3 Å². The number of benzene rings is 2. The van der Waals surface area contributed by atoms with E-state index >= 15 is 0 Å². The molecule has 0 aliphatic rings. The minimum atomic E-state index is -0.305. The molecule has 129 valence electrons. The molecule has 3 N–H and O–H groups in total. The van der Waals surface area contributed by atoms with E-state index in [1.165, 1.54) is 4.90 Å². The van der Waals surface area contributed by atoms with Gasteiger partial charge >= 0.3 is 0 Å². The smallest absolute Gasteiger partial charge is 0.264 e. The summed E-state index contributed by atoms with van der Waals surface area (Å²) in [5, 5.41) is 2.96. The van der Waals surface area contributed by atoms with Crippen LogP contribution >= 0.6 is 0 Å². The van der Waals surface area contributed by atoms with Crippen LogP contribution in [0.4, 0.5) is 22.9 Å². The molecule has 2 aromatic carbocycles. The van der Waals surface area contributed by atoms with Crippen LogP contribution in [-0.4, -0.2) is 24.2 Å². The van der Waals surface area contributed by atoms with Gasteiger partial charge in [0.1, 0.15) is 5.82 Å². The minimum absolute atomic E-state index is 0.305. The number of nitrogens with zero attached hydrogens (tertiary/aromatic N) is 2. The molecule has 0 bridgehead atoms. The van der Waals surface area contributed by atoms with Crippen LogP contribution in [0.2, 0.25) is 0 Å². The van der Waals surface area contributed by atoms with Crippen molar-refractivity contribution in [2.75, 3.05) is 23.0 Å². The molecule has 0 unspecified atom stereocenters. The van der Waals surface area contributed by atoms with Gasteiger partial charge in [-0.05, 0) is 42.5 Å². The number of hydrogen-bond acceptors (Lipinski definition) is 5. The fourth-order valence-corrected chi connectivity index (χ4v) is 2.60. The second-order valence-electron chi connectivity index (χ2n) is 5.53. The minimum Gasteiger partial charge on any atom is -0.397 e. The van der Waals surface area contributed by atoms with Crippen LogP contribution in [0.3, 0.4) is 0 Å². The first-order chi connectivity index (χ1) is 12.6. The number of nitrogen functional groups attached to an aromatic ring is 1. The summed E-state index contributed by atoms with van der Waals surface area (Å²) >= 11 is 0. The maximum absolute atomic E-state index is 13.2. The average Bonchev–Trinajstić information content (AvgIpc) is 2.69. The van der Waals surface area contributed by atoms with Gasteiger partial charge in [0.25, 0.3) is 5.91 Å². The monoisotopic (exact) mass is 345 g/mol. The molecule has 1 radical (unpaired) electrons. The predicted molar refractivity (Wildman–Crippen MR) is 102 cm³/mol. The lowest BCUT2D eigenvalue weighted by Gasteiger charge is -2.22. The van der Waals surface area contributed by atoms with E-state index < -0.39 is 0 Å². The van der Waals surface area contributed by atoms with Gasteiger partial charge in [0.05, 0.1) is 17.1 Å². The van der Waals surface area contributed by atoms with Crippen molar-refractivity contribution in [3.8, 4) is 0 Å². The summed E-state index contributed by atoms with van der Waals surface area (Å²) in [6.45, 7) is 0.